The van der Waals surface area contributed by atoms with Gasteiger partial charge in [-0.2, -0.15) is 0 Å². The number of ether oxygens (including phenoxy) is 2. The Morgan fingerprint density at radius 3 is 2.03 bits per heavy atom. The van der Waals surface area contributed by atoms with Crippen molar-refractivity contribution in [3.8, 4) is 21.8 Å². The lowest BCUT2D eigenvalue weighted by Crippen LogP contribution is -2.32. The number of hydrogen-bond acceptors (Lipinski definition) is 7. The van der Waals surface area contributed by atoms with Gasteiger partial charge in [0.15, 0.2) is 0 Å². The Morgan fingerprint density at radius 2 is 1.44 bits per heavy atom. The van der Waals surface area contributed by atoms with Crippen molar-refractivity contribution in [2.75, 3.05) is 13.2 Å². The molecule has 0 bridgehead atoms. The molecule has 0 spiro atoms. The Labute approximate surface area is 215 Å². The molecule has 186 valence electrons. The third-order valence-corrected chi connectivity index (χ3v) is 7.08. The van der Waals surface area contributed by atoms with Crippen LogP contribution in [0, 0.1) is 6.92 Å². The van der Waals surface area contributed by atoms with E-state index in [1.165, 1.54) is 0 Å². The predicted molar refractivity (Wildman–Crippen MR) is 142 cm³/mol. The summed E-state index contributed by atoms with van der Waals surface area (Å²) in [5.74, 6) is -1.54. The lowest BCUT2D eigenvalue weighted by atomic mass is 9.80. The van der Waals surface area contributed by atoms with E-state index in [-0.39, 0.29) is 13.2 Å². The minimum atomic E-state index is -0.626. The number of nitrogens with one attached hydrogen (secondary N) is 1. The van der Waals surface area contributed by atoms with Crippen LogP contribution in [0.3, 0.4) is 0 Å². The zero-order valence-electron chi connectivity index (χ0n) is 21.2. The van der Waals surface area contributed by atoms with Crippen molar-refractivity contribution < 1.29 is 19.1 Å². The number of aromatic nitrogens is 1. The van der Waals surface area contributed by atoms with E-state index < -0.39 is 17.9 Å². The van der Waals surface area contributed by atoms with E-state index in [2.05, 4.69) is 24.4 Å². The highest BCUT2D eigenvalue weighted by molar-refractivity contribution is 7.15. The van der Waals surface area contributed by atoms with Gasteiger partial charge in [0.2, 0.25) is 0 Å². The summed E-state index contributed by atoms with van der Waals surface area (Å²) < 4.78 is 10.8. The van der Waals surface area contributed by atoms with Gasteiger partial charge >= 0.3 is 11.9 Å². The Hall–Kier alpha value is -3.71. The number of dihydropyridines is 1. The highest BCUT2D eigenvalue weighted by Crippen LogP contribution is 2.41. The van der Waals surface area contributed by atoms with Gasteiger partial charge in [-0.25, -0.2) is 14.6 Å². The number of aryl methyl sites for hydroxylation is 1. The van der Waals surface area contributed by atoms with E-state index in [9.17, 15) is 9.59 Å². The second kappa shape index (κ2) is 10.9. The van der Waals surface area contributed by atoms with Crippen LogP contribution in [-0.2, 0) is 19.1 Å². The van der Waals surface area contributed by atoms with Crippen molar-refractivity contribution in [2.45, 2.75) is 40.5 Å². The molecule has 0 aliphatic carbocycles. The van der Waals surface area contributed by atoms with Crippen molar-refractivity contribution in [2.24, 2.45) is 0 Å². The number of hydrogen-bond donors (Lipinski definition) is 1. The first-order valence-corrected chi connectivity index (χ1v) is 12.8. The maximum absolute atomic E-state index is 13.1. The largest absolute Gasteiger partial charge is 0.463 e. The molecule has 0 unspecified atom stereocenters. The van der Waals surface area contributed by atoms with E-state index in [1.807, 2.05) is 56.3 Å². The second-order valence-electron chi connectivity index (χ2n) is 8.49. The maximum atomic E-state index is 13.1. The summed E-state index contributed by atoms with van der Waals surface area (Å²) in [6.45, 7) is 9.72. The zero-order valence-corrected chi connectivity index (χ0v) is 22.0. The number of rotatable bonds is 7. The van der Waals surface area contributed by atoms with Crippen LogP contribution in [0.2, 0.25) is 0 Å². The molecule has 2 heterocycles. The maximum Gasteiger partial charge on any atom is 0.336 e. The summed E-state index contributed by atoms with van der Waals surface area (Å²) in [5.41, 5.74) is 5.87. The van der Waals surface area contributed by atoms with Gasteiger partial charge in [-0.1, -0.05) is 48.5 Å². The minimum absolute atomic E-state index is 0.237. The Bertz CT molecular complexity index is 1310. The Morgan fingerprint density at radius 1 is 0.861 bits per heavy atom. The normalized spacial score (nSPS) is 14.0. The van der Waals surface area contributed by atoms with Gasteiger partial charge in [0, 0.05) is 27.4 Å². The molecule has 0 atom stereocenters. The first-order chi connectivity index (χ1) is 17.3. The monoisotopic (exact) mass is 502 g/mol. The number of benzene rings is 2. The van der Waals surface area contributed by atoms with Gasteiger partial charge in [0.05, 0.1) is 36.0 Å². The van der Waals surface area contributed by atoms with Crippen molar-refractivity contribution in [1.82, 2.24) is 10.3 Å². The van der Waals surface area contributed by atoms with Crippen molar-refractivity contribution >= 4 is 23.3 Å². The number of carbonyl (C=O) groups excluding carboxylic acids is 2. The summed E-state index contributed by atoms with van der Waals surface area (Å²) in [6, 6.07) is 18.0. The van der Waals surface area contributed by atoms with Crippen LogP contribution in [0.1, 0.15) is 44.1 Å². The van der Waals surface area contributed by atoms with Crippen LogP contribution < -0.4 is 5.32 Å². The van der Waals surface area contributed by atoms with E-state index in [4.69, 9.17) is 14.5 Å². The topological polar surface area (TPSA) is 77.5 Å². The van der Waals surface area contributed by atoms with E-state index in [1.54, 1.807) is 25.2 Å². The van der Waals surface area contributed by atoms with Crippen LogP contribution in [0.15, 0.2) is 77.1 Å². The molecule has 1 aliphatic heterocycles. The molecule has 1 aromatic heterocycles. The number of esters is 2. The molecule has 1 N–H and O–H groups in total. The Balaban J connectivity index is 1.83. The van der Waals surface area contributed by atoms with Crippen LogP contribution in [0.4, 0.5) is 0 Å². The molecule has 0 saturated carbocycles. The van der Waals surface area contributed by atoms with Gasteiger partial charge in [-0.05, 0) is 46.2 Å². The fourth-order valence-electron chi connectivity index (χ4n) is 4.52. The highest BCUT2D eigenvalue weighted by atomic mass is 32.1. The number of carbonyl (C=O) groups is 2. The fourth-order valence-corrected chi connectivity index (χ4v) is 5.45. The summed E-state index contributed by atoms with van der Waals surface area (Å²) in [7, 11) is 0. The molecule has 4 rings (SSSR count). The van der Waals surface area contributed by atoms with E-state index >= 15 is 0 Å². The molecule has 7 heteroatoms. The first-order valence-electron chi connectivity index (χ1n) is 12.0. The highest BCUT2D eigenvalue weighted by Gasteiger charge is 2.38. The number of allylic oxidation sites excluding steroid dienone is 2. The van der Waals surface area contributed by atoms with Crippen LogP contribution in [0.5, 0.6) is 0 Å². The minimum Gasteiger partial charge on any atom is -0.463 e. The third-order valence-electron chi connectivity index (χ3n) is 6.06. The summed E-state index contributed by atoms with van der Waals surface area (Å²) >= 11 is 1.62. The quantitative estimate of drug-likeness (QED) is 0.391. The zero-order chi connectivity index (χ0) is 25.8. The standard InChI is InChI=1S/C29H30N2O4S/c1-6-34-28(32)23-17(3)30-18(4)24(29(33)35-7-2)25(23)21-14-11-15-22(16-21)27-31-26(19(5)36-27)20-12-9-8-10-13-20/h8-16,25,30H,6-7H2,1-5H3. The summed E-state index contributed by atoms with van der Waals surface area (Å²) in [5, 5.41) is 4.05. The first kappa shape index (κ1) is 25.4. The van der Waals surface area contributed by atoms with Gasteiger partial charge in [-0.3, -0.25) is 0 Å². The van der Waals surface area contributed by atoms with Gasteiger partial charge in [-0.15, -0.1) is 11.3 Å². The molecule has 6 nitrogen and oxygen atoms in total. The van der Waals surface area contributed by atoms with Gasteiger partial charge in [0.25, 0.3) is 0 Å². The van der Waals surface area contributed by atoms with Crippen molar-refractivity contribution in [3.05, 3.63) is 87.6 Å². The molecular formula is C29H30N2O4S. The molecule has 1 aliphatic rings. The Kier molecular flexibility index (Phi) is 7.70. The lowest BCUT2D eigenvalue weighted by molar-refractivity contribution is -0.139. The second-order valence-corrected chi connectivity index (χ2v) is 9.69. The average Bonchev–Trinajstić information content (AvgIpc) is 3.26. The summed E-state index contributed by atoms with van der Waals surface area (Å²) in [6.07, 6.45) is 0. The smallest absolute Gasteiger partial charge is 0.336 e. The molecule has 0 amide bonds. The summed E-state index contributed by atoms with van der Waals surface area (Å²) in [4.78, 5) is 32.2. The lowest BCUT2D eigenvalue weighted by Gasteiger charge is -2.30. The fraction of sp³-hybridized carbons (Fsp3) is 0.276. The molecule has 0 radical (unpaired) electrons. The predicted octanol–water partition coefficient (Wildman–Crippen LogP) is 6.15. The molecule has 0 fully saturated rings. The SMILES string of the molecule is CCOC(=O)C1=C(C)NC(C)=C(C(=O)OCC)C1c1cccc(-c2nc(-c3ccccc3)c(C)s2)c1. The third kappa shape index (κ3) is 4.97. The van der Waals surface area contributed by atoms with Crippen LogP contribution >= 0.6 is 11.3 Å². The van der Waals surface area contributed by atoms with E-state index in [0.717, 1.165) is 32.3 Å². The van der Waals surface area contributed by atoms with Crippen LogP contribution in [-0.4, -0.2) is 30.1 Å². The van der Waals surface area contributed by atoms with Gasteiger partial charge < -0.3 is 14.8 Å². The average molecular weight is 503 g/mol. The van der Waals surface area contributed by atoms with Crippen molar-refractivity contribution in [1.29, 1.82) is 0 Å². The molecule has 2 aromatic carbocycles. The number of thiazole rings is 1. The molecule has 0 saturated heterocycles. The van der Waals surface area contributed by atoms with Crippen molar-refractivity contribution in [3.63, 3.8) is 0 Å². The number of nitrogens with zero attached hydrogens (tertiary/aromatic N) is 1. The molecule has 36 heavy (non-hydrogen) atoms. The van der Waals surface area contributed by atoms with Crippen LogP contribution in [0.25, 0.3) is 21.8 Å². The van der Waals surface area contributed by atoms with Gasteiger partial charge in [0.1, 0.15) is 5.01 Å². The van der Waals surface area contributed by atoms with E-state index in [0.29, 0.717) is 22.5 Å². The molecule has 3 aromatic rings. The molecular weight excluding hydrogens is 472 g/mol.